The van der Waals surface area contributed by atoms with Crippen molar-refractivity contribution in [2.24, 2.45) is 5.84 Å². The van der Waals surface area contributed by atoms with Crippen LogP contribution in [-0.4, -0.2) is 0 Å². The molecule has 0 fully saturated rings. The molecule has 1 atom stereocenters. The Bertz CT molecular complexity index is 593. The number of rotatable bonds is 3. The third kappa shape index (κ3) is 2.83. The van der Waals surface area contributed by atoms with Gasteiger partial charge in [0.15, 0.2) is 0 Å². The fourth-order valence-corrected chi connectivity index (χ4v) is 2.19. The minimum absolute atomic E-state index is 0.244. The van der Waals surface area contributed by atoms with Gasteiger partial charge in [0.25, 0.3) is 0 Å². The lowest BCUT2D eigenvalue weighted by Gasteiger charge is -2.19. The van der Waals surface area contributed by atoms with Gasteiger partial charge >= 0.3 is 0 Å². The molecule has 0 saturated carbocycles. The quantitative estimate of drug-likeness (QED) is 0.655. The molecule has 3 N–H and O–H groups in total. The molecule has 2 aromatic carbocycles. The van der Waals surface area contributed by atoms with Crippen LogP contribution in [-0.2, 0) is 0 Å². The van der Waals surface area contributed by atoms with Gasteiger partial charge in [-0.3, -0.25) is 5.84 Å². The first kappa shape index (κ1) is 13.7. The highest BCUT2D eigenvalue weighted by molar-refractivity contribution is 5.38. The van der Waals surface area contributed by atoms with Gasteiger partial charge in [-0.25, -0.2) is 9.82 Å². The Hall–Kier alpha value is -1.71. The van der Waals surface area contributed by atoms with Crippen LogP contribution in [0.4, 0.5) is 4.39 Å². The van der Waals surface area contributed by atoms with Crippen molar-refractivity contribution >= 4 is 0 Å². The van der Waals surface area contributed by atoms with E-state index in [1.54, 1.807) is 6.07 Å². The summed E-state index contributed by atoms with van der Waals surface area (Å²) in [5, 5.41) is 0. The Morgan fingerprint density at radius 1 is 1.00 bits per heavy atom. The summed E-state index contributed by atoms with van der Waals surface area (Å²) in [6, 6.07) is 10.8. The number of hydrogen-bond donors (Lipinski definition) is 2. The zero-order valence-corrected chi connectivity index (χ0v) is 11.5. The first-order chi connectivity index (χ1) is 9.02. The van der Waals surface area contributed by atoms with Gasteiger partial charge in [0, 0.05) is 5.56 Å². The average Bonchev–Trinajstić information content (AvgIpc) is 2.38. The van der Waals surface area contributed by atoms with E-state index in [4.69, 9.17) is 5.84 Å². The number of nitrogens with two attached hydrogens (primary N) is 1. The zero-order chi connectivity index (χ0) is 14.0. The molecular weight excluding hydrogens is 239 g/mol. The van der Waals surface area contributed by atoms with Gasteiger partial charge in [0.2, 0.25) is 0 Å². The fraction of sp³-hybridized carbons (Fsp3) is 0.250. The largest absolute Gasteiger partial charge is 0.271 e. The molecule has 0 amide bonds. The van der Waals surface area contributed by atoms with Crippen LogP contribution >= 0.6 is 0 Å². The molecule has 100 valence electrons. The van der Waals surface area contributed by atoms with Crippen LogP contribution in [0.25, 0.3) is 0 Å². The molecular formula is C16H19FN2. The zero-order valence-electron chi connectivity index (χ0n) is 11.5. The summed E-state index contributed by atoms with van der Waals surface area (Å²) in [6.45, 7) is 6.03. The molecule has 0 heterocycles. The molecule has 0 aromatic heterocycles. The van der Waals surface area contributed by atoms with Crippen LogP contribution in [0.3, 0.4) is 0 Å². The summed E-state index contributed by atoms with van der Waals surface area (Å²) in [7, 11) is 0. The van der Waals surface area contributed by atoms with E-state index >= 15 is 0 Å². The molecule has 0 saturated heterocycles. The Balaban J connectivity index is 2.49. The summed E-state index contributed by atoms with van der Waals surface area (Å²) in [6.07, 6.45) is 0. The van der Waals surface area contributed by atoms with Crippen molar-refractivity contribution in [3.05, 3.63) is 70.0 Å². The van der Waals surface area contributed by atoms with E-state index in [2.05, 4.69) is 12.3 Å². The second kappa shape index (κ2) is 5.51. The normalized spacial score (nSPS) is 12.5. The Kier molecular flexibility index (Phi) is 3.98. The van der Waals surface area contributed by atoms with Gasteiger partial charge in [-0.05, 0) is 43.5 Å². The fourth-order valence-electron chi connectivity index (χ4n) is 2.19. The van der Waals surface area contributed by atoms with Crippen molar-refractivity contribution < 1.29 is 4.39 Å². The van der Waals surface area contributed by atoms with E-state index in [9.17, 15) is 4.39 Å². The molecule has 2 aromatic rings. The average molecular weight is 258 g/mol. The van der Waals surface area contributed by atoms with Crippen LogP contribution in [0.15, 0.2) is 36.4 Å². The molecule has 2 nitrogen and oxygen atoms in total. The molecule has 19 heavy (non-hydrogen) atoms. The summed E-state index contributed by atoms with van der Waals surface area (Å²) in [4.78, 5) is 0. The first-order valence-electron chi connectivity index (χ1n) is 6.32. The molecule has 3 heteroatoms. The van der Waals surface area contributed by atoms with E-state index in [1.165, 1.54) is 17.2 Å². The number of aryl methyl sites for hydroxylation is 3. The predicted octanol–water partition coefficient (Wildman–Crippen LogP) is 3.30. The molecule has 0 spiro atoms. The summed E-state index contributed by atoms with van der Waals surface area (Å²) < 4.78 is 14.0. The van der Waals surface area contributed by atoms with Gasteiger partial charge < -0.3 is 0 Å². The minimum atomic E-state index is -0.334. The highest BCUT2D eigenvalue weighted by Gasteiger charge is 2.17. The maximum absolute atomic E-state index is 14.0. The highest BCUT2D eigenvalue weighted by Crippen LogP contribution is 2.26. The van der Waals surface area contributed by atoms with E-state index in [0.717, 1.165) is 11.1 Å². The minimum Gasteiger partial charge on any atom is -0.271 e. The maximum Gasteiger partial charge on any atom is 0.128 e. The lowest BCUT2D eigenvalue weighted by Crippen LogP contribution is -2.29. The molecule has 0 bridgehead atoms. The monoisotopic (exact) mass is 258 g/mol. The maximum atomic E-state index is 14.0. The SMILES string of the molecule is Cc1ccc(F)c(C(NN)c2ccc(C)c(C)c2)c1. The molecule has 0 radical (unpaired) electrons. The van der Waals surface area contributed by atoms with Crippen LogP contribution in [0.5, 0.6) is 0 Å². The standard InChI is InChI=1S/C16H19FN2/c1-10-4-7-15(17)14(8-10)16(19-18)13-6-5-11(2)12(3)9-13/h4-9,16,19H,18H2,1-3H3. The van der Waals surface area contributed by atoms with Crippen LogP contribution in [0.1, 0.15) is 33.9 Å². The van der Waals surface area contributed by atoms with Gasteiger partial charge in [-0.2, -0.15) is 0 Å². The van der Waals surface area contributed by atoms with Crippen LogP contribution in [0.2, 0.25) is 0 Å². The smallest absolute Gasteiger partial charge is 0.128 e. The lowest BCUT2D eigenvalue weighted by atomic mass is 9.95. The Labute approximate surface area is 113 Å². The van der Waals surface area contributed by atoms with Crippen LogP contribution < -0.4 is 11.3 Å². The Morgan fingerprint density at radius 2 is 1.74 bits per heavy atom. The molecule has 0 aliphatic rings. The predicted molar refractivity (Wildman–Crippen MR) is 76.2 cm³/mol. The van der Waals surface area contributed by atoms with Gasteiger partial charge in [-0.1, -0.05) is 35.9 Å². The summed E-state index contributed by atoms with van der Waals surface area (Å²) in [5.41, 5.74) is 7.65. The van der Waals surface area contributed by atoms with E-state index < -0.39 is 0 Å². The third-order valence-electron chi connectivity index (χ3n) is 3.49. The van der Waals surface area contributed by atoms with Crippen molar-refractivity contribution in [2.45, 2.75) is 26.8 Å². The second-order valence-electron chi connectivity index (χ2n) is 4.97. The number of hydrogen-bond acceptors (Lipinski definition) is 2. The van der Waals surface area contributed by atoms with Crippen molar-refractivity contribution in [3.8, 4) is 0 Å². The van der Waals surface area contributed by atoms with Gasteiger partial charge in [0.05, 0.1) is 6.04 Å². The van der Waals surface area contributed by atoms with Crippen molar-refractivity contribution in [1.29, 1.82) is 0 Å². The Morgan fingerprint density at radius 3 is 2.37 bits per heavy atom. The number of hydrazine groups is 1. The summed E-state index contributed by atoms with van der Waals surface area (Å²) >= 11 is 0. The van der Waals surface area contributed by atoms with E-state index in [0.29, 0.717) is 5.56 Å². The number of benzene rings is 2. The topological polar surface area (TPSA) is 38.0 Å². The van der Waals surface area contributed by atoms with Crippen molar-refractivity contribution in [1.82, 2.24) is 5.43 Å². The molecule has 0 aliphatic carbocycles. The molecule has 2 rings (SSSR count). The van der Waals surface area contributed by atoms with E-state index in [1.807, 2.05) is 38.1 Å². The van der Waals surface area contributed by atoms with E-state index in [-0.39, 0.29) is 11.9 Å². The number of nitrogens with one attached hydrogen (secondary N) is 1. The highest BCUT2D eigenvalue weighted by atomic mass is 19.1. The van der Waals surface area contributed by atoms with Gasteiger partial charge in [-0.15, -0.1) is 0 Å². The van der Waals surface area contributed by atoms with Crippen molar-refractivity contribution in [3.63, 3.8) is 0 Å². The summed E-state index contributed by atoms with van der Waals surface area (Å²) in [5.74, 6) is 5.38. The molecule has 0 aliphatic heterocycles. The number of halogens is 1. The van der Waals surface area contributed by atoms with Gasteiger partial charge in [0.1, 0.15) is 5.82 Å². The molecule has 1 unspecified atom stereocenters. The van der Waals surface area contributed by atoms with Crippen molar-refractivity contribution in [2.75, 3.05) is 0 Å². The van der Waals surface area contributed by atoms with Crippen LogP contribution in [0, 0.1) is 26.6 Å². The first-order valence-corrected chi connectivity index (χ1v) is 6.32. The third-order valence-corrected chi connectivity index (χ3v) is 3.49. The lowest BCUT2D eigenvalue weighted by molar-refractivity contribution is 0.559. The second-order valence-corrected chi connectivity index (χ2v) is 4.97.